The summed E-state index contributed by atoms with van der Waals surface area (Å²) in [6.45, 7) is 1.58. The van der Waals surface area contributed by atoms with Crippen molar-refractivity contribution in [2.24, 2.45) is 5.73 Å². The first-order valence-electron chi connectivity index (χ1n) is 5.92. The van der Waals surface area contributed by atoms with Crippen LogP contribution in [0.2, 0.25) is 0 Å². The molecule has 0 saturated carbocycles. The van der Waals surface area contributed by atoms with Gasteiger partial charge in [0.05, 0.1) is 24.8 Å². The fraction of sp³-hybridized carbons (Fsp3) is 0.357. The van der Waals surface area contributed by atoms with E-state index in [1.807, 2.05) is 0 Å². The Bertz CT molecular complexity index is 452. The quantitative estimate of drug-likeness (QED) is 0.568. The highest BCUT2D eigenvalue weighted by Crippen LogP contribution is 2.18. The number of benzene rings is 1. The first-order valence-corrected chi connectivity index (χ1v) is 5.92. The van der Waals surface area contributed by atoms with Gasteiger partial charge in [-0.25, -0.2) is 0 Å². The van der Waals surface area contributed by atoms with Gasteiger partial charge in [-0.1, -0.05) is 12.2 Å². The summed E-state index contributed by atoms with van der Waals surface area (Å²) >= 11 is 0. The monoisotopic (exact) mass is 262 g/mol. The second-order valence-electron chi connectivity index (χ2n) is 3.66. The van der Waals surface area contributed by atoms with Gasteiger partial charge in [0, 0.05) is 13.7 Å². The summed E-state index contributed by atoms with van der Waals surface area (Å²) in [5.74, 6) is 0.646. The van der Waals surface area contributed by atoms with E-state index in [0.29, 0.717) is 31.1 Å². The van der Waals surface area contributed by atoms with E-state index in [1.165, 1.54) is 0 Å². The summed E-state index contributed by atoms with van der Waals surface area (Å²) in [5.41, 5.74) is 6.76. The van der Waals surface area contributed by atoms with Crippen LogP contribution in [0.15, 0.2) is 24.3 Å². The number of hydrogen-bond acceptors (Lipinski definition) is 5. The minimum atomic E-state index is 0.148. The van der Waals surface area contributed by atoms with Crippen molar-refractivity contribution >= 4 is 6.08 Å². The second kappa shape index (κ2) is 9.11. The third-order valence-corrected chi connectivity index (χ3v) is 2.32. The van der Waals surface area contributed by atoms with E-state index in [-0.39, 0.29) is 6.79 Å². The van der Waals surface area contributed by atoms with Crippen LogP contribution in [0.1, 0.15) is 11.1 Å². The molecule has 0 atom stereocenters. The molecule has 0 unspecified atom stereocenters. The maximum atomic E-state index is 8.99. The number of methoxy groups -OCH3 is 1. The van der Waals surface area contributed by atoms with Crippen LogP contribution >= 0.6 is 0 Å². The Labute approximate surface area is 113 Å². The topological polar surface area (TPSA) is 77.5 Å². The number of nitriles is 1. The number of nitrogens with zero attached hydrogens (tertiary/aromatic N) is 1. The molecule has 0 amide bonds. The summed E-state index contributed by atoms with van der Waals surface area (Å²) in [5, 5.41) is 8.99. The van der Waals surface area contributed by atoms with Gasteiger partial charge >= 0.3 is 0 Å². The Morgan fingerprint density at radius 3 is 2.89 bits per heavy atom. The molecule has 0 aliphatic rings. The Morgan fingerprint density at radius 2 is 2.21 bits per heavy atom. The average Bonchev–Trinajstić information content (AvgIpc) is 2.45. The summed E-state index contributed by atoms with van der Waals surface area (Å²) < 4.78 is 15.5. The Kier molecular flexibility index (Phi) is 7.28. The molecule has 0 aliphatic heterocycles. The zero-order valence-corrected chi connectivity index (χ0v) is 11.0. The van der Waals surface area contributed by atoms with Gasteiger partial charge in [0.25, 0.3) is 0 Å². The van der Waals surface area contributed by atoms with Crippen molar-refractivity contribution in [3.05, 3.63) is 35.4 Å². The maximum Gasteiger partial charge on any atom is 0.189 e. The SMILES string of the molecule is COCCOCOc1ccc(C#N)c(/C=C\CN)c1. The van der Waals surface area contributed by atoms with E-state index in [2.05, 4.69) is 6.07 Å². The van der Waals surface area contributed by atoms with Crippen LogP contribution in [-0.2, 0) is 9.47 Å². The molecular weight excluding hydrogens is 244 g/mol. The maximum absolute atomic E-state index is 8.99. The standard InChI is InChI=1S/C14H18N2O3/c1-17-7-8-18-11-19-14-5-4-13(10-16)12(9-14)3-2-6-15/h2-5,9H,6-8,11,15H2,1H3/b3-2-. The third-order valence-electron chi connectivity index (χ3n) is 2.32. The molecule has 1 aromatic rings. The smallest absolute Gasteiger partial charge is 0.189 e. The highest BCUT2D eigenvalue weighted by Gasteiger charge is 2.01. The van der Waals surface area contributed by atoms with Crippen LogP contribution < -0.4 is 10.5 Å². The molecule has 0 aliphatic carbocycles. The van der Waals surface area contributed by atoms with Crippen molar-refractivity contribution in [3.63, 3.8) is 0 Å². The van der Waals surface area contributed by atoms with E-state index in [0.717, 1.165) is 5.56 Å². The first-order chi connectivity index (χ1) is 9.31. The van der Waals surface area contributed by atoms with Crippen LogP contribution in [-0.4, -0.2) is 33.7 Å². The van der Waals surface area contributed by atoms with Gasteiger partial charge in [-0.3, -0.25) is 0 Å². The average molecular weight is 262 g/mol. The predicted octanol–water partition coefficient (Wildman–Crippen LogP) is 1.53. The molecule has 102 valence electrons. The van der Waals surface area contributed by atoms with Crippen LogP contribution in [0, 0.1) is 11.3 Å². The zero-order chi connectivity index (χ0) is 13.9. The lowest BCUT2D eigenvalue weighted by Crippen LogP contribution is -2.07. The van der Waals surface area contributed by atoms with Gasteiger partial charge in [-0.15, -0.1) is 0 Å². The summed E-state index contributed by atoms with van der Waals surface area (Å²) in [7, 11) is 1.61. The fourth-order valence-electron chi connectivity index (χ4n) is 1.38. The molecule has 5 heteroatoms. The van der Waals surface area contributed by atoms with E-state index >= 15 is 0 Å². The van der Waals surface area contributed by atoms with Gasteiger partial charge in [-0.2, -0.15) is 5.26 Å². The van der Waals surface area contributed by atoms with Gasteiger partial charge in [0.2, 0.25) is 0 Å². The van der Waals surface area contributed by atoms with Gasteiger partial charge in [-0.05, 0) is 23.8 Å². The van der Waals surface area contributed by atoms with E-state index in [4.69, 9.17) is 25.2 Å². The predicted molar refractivity (Wildman–Crippen MR) is 72.6 cm³/mol. The van der Waals surface area contributed by atoms with Crippen molar-refractivity contribution < 1.29 is 14.2 Å². The molecule has 5 nitrogen and oxygen atoms in total. The molecule has 1 rings (SSSR count). The van der Waals surface area contributed by atoms with Crippen molar-refractivity contribution in [2.75, 3.05) is 33.7 Å². The molecule has 0 spiro atoms. The lowest BCUT2D eigenvalue weighted by molar-refractivity contribution is -0.00847. The second-order valence-corrected chi connectivity index (χ2v) is 3.66. The van der Waals surface area contributed by atoms with E-state index in [9.17, 15) is 0 Å². The summed E-state index contributed by atoms with van der Waals surface area (Å²) in [6, 6.07) is 7.35. The van der Waals surface area contributed by atoms with Crippen LogP contribution in [0.3, 0.4) is 0 Å². The highest BCUT2D eigenvalue weighted by atomic mass is 16.7. The summed E-state index contributed by atoms with van der Waals surface area (Å²) in [4.78, 5) is 0. The molecule has 0 bridgehead atoms. The third kappa shape index (κ3) is 5.53. The lowest BCUT2D eigenvalue weighted by Gasteiger charge is -2.08. The number of ether oxygens (including phenoxy) is 3. The Hall–Kier alpha value is -1.87. The minimum absolute atomic E-state index is 0.148. The van der Waals surface area contributed by atoms with Crippen LogP contribution in [0.5, 0.6) is 5.75 Å². The normalized spacial score (nSPS) is 10.6. The number of rotatable bonds is 8. The highest BCUT2D eigenvalue weighted by molar-refractivity contribution is 5.60. The molecule has 2 N–H and O–H groups in total. The van der Waals surface area contributed by atoms with Crippen molar-refractivity contribution in [1.82, 2.24) is 0 Å². The Morgan fingerprint density at radius 1 is 1.37 bits per heavy atom. The van der Waals surface area contributed by atoms with Crippen LogP contribution in [0.4, 0.5) is 0 Å². The largest absolute Gasteiger partial charge is 0.468 e. The first kappa shape index (κ1) is 15.2. The molecule has 0 aromatic heterocycles. The molecule has 0 radical (unpaired) electrons. The lowest BCUT2D eigenvalue weighted by atomic mass is 10.1. The van der Waals surface area contributed by atoms with Crippen LogP contribution in [0.25, 0.3) is 6.08 Å². The molecule has 0 heterocycles. The van der Waals surface area contributed by atoms with Crippen molar-refractivity contribution in [2.45, 2.75) is 0 Å². The molecular formula is C14H18N2O3. The minimum Gasteiger partial charge on any atom is -0.468 e. The molecule has 0 saturated heterocycles. The van der Waals surface area contributed by atoms with Crippen molar-refractivity contribution in [3.8, 4) is 11.8 Å². The molecule has 1 aromatic carbocycles. The van der Waals surface area contributed by atoms with Gasteiger partial charge < -0.3 is 19.9 Å². The van der Waals surface area contributed by atoms with Crippen molar-refractivity contribution in [1.29, 1.82) is 5.26 Å². The van der Waals surface area contributed by atoms with Gasteiger partial charge in [0.1, 0.15) is 5.75 Å². The van der Waals surface area contributed by atoms with E-state index in [1.54, 1.807) is 37.5 Å². The summed E-state index contributed by atoms with van der Waals surface area (Å²) in [6.07, 6.45) is 3.59. The zero-order valence-electron chi connectivity index (χ0n) is 11.0. The number of hydrogen-bond donors (Lipinski definition) is 1. The van der Waals surface area contributed by atoms with E-state index < -0.39 is 0 Å². The molecule has 0 fully saturated rings. The molecule has 19 heavy (non-hydrogen) atoms. The number of nitrogens with two attached hydrogens (primary N) is 1. The Balaban J connectivity index is 2.60. The fourth-order valence-corrected chi connectivity index (χ4v) is 1.38. The van der Waals surface area contributed by atoms with Gasteiger partial charge in [0.15, 0.2) is 6.79 Å².